The molecular formula is C20H26ClN3O3. The zero-order valence-electron chi connectivity index (χ0n) is 15.7. The molecule has 0 radical (unpaired) electrons. The molecule has 0 heterocycles. The third-order valence-corrected chi connectivity index (χ3v) is 4.12. The van der Waals surface area contributed by atoms with Crippen molar-refractivity contribution in [3.05, 3.63) is 60.2 Å². The van der Waals surface area contributed by atoms with Crippen LogP contribution in [-0.4, -0.2) is 37.4 Å². The number of ether oxygens (including phenoxy) is 1. The van der Waals surface area contributed by atoms with E-state index >= 15 is 0 Å². The number of anilines is 1. The van der Waals surface area contributed by atoms with Crippen LogP contribution in [0.4, 0.5) is 5.69 Å². The molecular weight excluding hydrogens is 366 g/mol. The van der Waals surface area contributed by atoms with Crippen molar-refractivity contribution in [1.29, 1.82) is 0 Å². The minimum absolute atomic E-state index is 0. The highest BCUT2D eigenvalue weighted by Crippen LogP contribution is 2.22. The maximum atomic E-state index is 12.4. The minimum atomic E-state index is -0.383. The maximum absolute atomic E-state index is 12.4. The molecule has 0 spiro atoms. The molecule has 3 N–H and O–H groups in total. The van der Waals surface area contributed by atoms with Crippen molar-refractivity contribution >= 4 is 29.9 Å². The Labute approximate surface area is 166 Å². The van der Waals surface area contributed by atoms with Crippen molar-refractivity contribution in [2.45, 2.75) is 13.0 Å². The van der Waals surface area contributed by atoms with Crippen LogP contribution in [0.5, 0.6) is 5.75 Å². The van der Waals surface area contributed by atoms with Gasteiger partial charge in [-0.1, -0.05) is 37.3 Å². The van der Waals surface area contributed by atoms with Crippen molar-refractivity contribution < 1.29 is 14.3 Å². The van der Waals surface area contributed by atoms with Gasteiger partial charge in [0.2, 0.25) is 5.91 Å². The molecule has 0 aliphatic rings. The lowest BCUT2D eigenvalue weighted by Gasteiger charge is -2.20. The van der Waals surface area contributed by atoms with Gasteiger partial charge in [-0.25, -0.2) is 0 Å². The second kappa shape index (κ2) is 10.5. The van der Waals surface area contributed by atoms with Crippen molar-refractivity contribution in [1.82, 2.24) is 4.90 Å². The second-order valence-corrected chi connectivity index (χ2v) is 6.32. The Morgan fingerprint density at radius 3 is 2.22 bits per heavy atom. The van der Waals surface area contributed by atoms with E-state index in [2.05, 4.69) is 5.32 Å². The van der Waals surface area contributed by atoms with Crippen LogP contribution in [-0.2, 0) is 9.59 Å². The van der Waals surface area contributed by atoms with Gasteiger partial charge in [0, 0.05) is 25.8 Å². The summed E-state index contributed by atoms with van der Waals surface area (Å²) in [6.45, 7) is 1.78. The third kappa shape index (κ3) is 6.58. The fourth-order valence-corrected chi connectivity index (χ4v) is 2.29. The number of nitrogens with two attached hydrogens (primary N) is 1. The number of benzene rings is 2. The Morgan fingerprint density at radius 2 is 1.67 bits per heavy atom. The van der Waals surface area contributed by atoms with Crippen molar-refractivity contribution in [2.24, 2.45) is 11.7 Å². The molecule has 7 heteroatoms. The molecule has 6 nitrogen and oxygen atoms in total. The van der Waals surface area contributed by atoms with E-state index in [0.717, 1.165) is 5.56 Å². The summed E-state index contributed by atoms with van der Waals surface area (Å²) in [6, 6.07) is 16.0. The summed E-state index contributed by atoms with van der Waals surface area (Å²) in [5, 5.41) is 2.85. The molecule has 146 valence electrons. The highest BCUT2D eigenvalue weighted by atomic mass is 35.5. The molecule has 0 saturated carbocycles. The summed E-state index contributed by atoms with van der Waals surface area (Å²) >= 11 is 0. The highest BCUT2D eigenvalue weighted by molar-refractivity contribution is 5.92. The molecule has 2 atom stereocenters. The Hall–Kier alpha value is -2.57. The van der Waals surface area contributed by atoms with Gasteiger partial charge in [0.25, 0.3) is 5.91 Å². The standard InChI is InChI=1S/C20H25N3O3.ClH/c1-14(19(21)15-7-5-4-6-8-15)20(25)22-16-9-11-17(12-10-16)26-13-18(24)23(2)3;/h4-12,14,19H,13,21H2,1-3H3,(H,22,25);1H. The van der Waals surface area contributed by atoms with Gasteiger partial charge >= 0.3 is 0 Å². The molecule has 0 aromatic heterocycles. The number of hydrogen-bond acceptors (Lipinski definition) is 4. The van der Waals surface area contributed by atoms with Crippen LogP contribution in [0.3, 0.4) is 0 Å². The quantitative estimate of drug-likeness (QED) is 0.760. The molecule has 0 bridgehead atoms. The number of likely N-dealkylation sites (N-methyl/N-ethyl adjacent to an activating group) is 1. The molecule has 0 saturated heterocycles. The first-order valence-corrected chi connectivity index (χ1v) is 8.43. The first-order valence-electron chi connectivity index (χ1n) is 8.43. The smallest absolute Gasteiger partial charge is 0.259 e. The number of hydrogen-bond donors (Lipinski definition) is 2. The average Bonchev–Trinajstić information content (AvgIpc) is 2.66. The van der Waals surface area contributed by atoms with Gasteiger partial charge in [-0.05, 0) is 29.8 Å². The van der Waals surface area contributed by atoms with Crippen LogP contribution in [0.15, 0.2) is 54.6 Å². The van der Waals surface area contributed by atoms with Crippen molar-refractivity contribution in [3.63, 3.8) is 0 Å². The topological polar surface area (TPSA) is 84.7 Å². The van der Waals surface area contributed by atoms with Gasteiger partial charge in [0.1, 0.15) is 5.75 Å². The summed E-state index contributed by atoms with van der Waals surface area (Å²) in [4.78, 5) is 25.4. The normalized spacial score (nSPS) is 12.3. The molecule has 2 aromatic carbocycles. The van der Waals surface area contributed by atoms with Crippen molar-refractivity contribution in [2.75, 3.05) is 26.0 Å². The van der Waals surface area contributed by atoms with Gasteiger partial charge in [-0.3, -0.25) is 9.59 Å². The van der Waals surface area contributed by atoms with Gasteiger partial charge in [0.05, 0.1) is 5.92 Å². The van der Waals surface area contributed by atoms with Crippen molar-refractivity contribution in [3.8, 4) is 5.75 Å². The predicted octanol–water partition coefficient (Wildman–Crippen LogP) is 2.85. The Kier molecular flexibility index (Phi) is 8.78. The number of nitrogens with zero attached hydrogens (tertiary/aromatic N) is 1. The summed E-state index contributed by atoms with van der Waals surface area (Å²) in [5.74, 6) is -0.0952. The van der Waals surface area contributed by atoms with Gasteiger partial charge in [-0.15, -0.1) is 12.4 Å². The number of carbonyl (C=O) groups is 2. The fraction of sp³-hybridized carbons (Fsp3) is 0.300. The summed E-state index contributed by atoms with van der Waals surface area (Å²) in [6.07, 6.45) is 0. The van der Waals surface area contributed by atoms with E-state index in [1.165, 1.54) is 4.90 Å². The van der Waals surface area contributed by atoms with Crippen LogP contribution < -0.4 is 15.8 Å². The van der Waals surface area contributed by atoms with E-state index in [1.807, 2.05) is 30.3 Å². The fourth-order valence-electron chi connectivity index (χ4n) is 2.29. The SMILES string of the molecule is CC(C(=O)Nc1ccc(OCC(=O)N(C)C)cc1)C(N)c1ccccc1.Cl. The van der Waals surface area contributed by atoms with Crippen LogP contribution in [0.1, 0.15) is 18.5 Å². The lowest BCUT2D eigenvalue weighted by Crippen LogP contribution is -2.30. The van der Waals surface area contributed by atoms with Crippen LogP contribution in [0.25, 0.3) is 0 Å². The number of halogens is 1. The monoisotopic (exact) mass is 391 g/mol. The Bertz CT molecular complexity index is 736. The third-order valence-electron chi connectivity index (χ3n) is 4.12. The lowest BCUT2D eigenvalue weighted by molar-refractivity contribution is -0.130. The van der Waals surface area contributed by atoms with Crippen LogP contribution in [0.2, 0.25) is 0 Å². The summed E-state index contributed by atoms with van der Waals surface area (Å²) < 4.78 is 5.41. The molecule has 27 heavy (non-hydrogen) atoms. The van der Waals surface area contributed by atoms with E-state index in [0.29, 0.717) is 11.4 Å². The summed E-state index contributed by atoms with van der Waals surface area (Å²) in [5.41, 5.74) is 7.76. The maximum Gasteiger partial charge on any atom is 0.259 e. The molecule has 0 fully saturated rings. The predicted molar refractivity (Wildman–Crippen MR) is 109 cm³/mol. The summed E-state index contributed by atoms with van der Waals surface area (Å²) in [7, 11) is 3.34. The Balaban J connectivity index is 0.00000364. The van der Waals surface area contributed by atoms with Gasteiger partial charge in [-0.2, -0.15) is 0 Å². The van der Waals surface area contributed by atoms with Gasteiger partial charge in [0.15, 0.2) is 6.61 Å². The lowest BCUT2D eigenvalue weighted by atomic mass is 9.94. The molecule has 2 amide bonds. The van der Waals surface area contributed by atoms with E-state index in [-0.39, 0.29) is 42.8 Å². The molecule has 2 rings (SSSR count). The van der Waals surface area contributed by atoms with E-state index < -0.39 is 0 Å². The van der Waals surface area contributed by atoms with Crippen LogP contribution >= 0.6 is 12.4 Å². The molecule has 2 aromatic rings. The zero-order chi connectivity index (χ0) is 19.1. The molecule has 0 aliphatic carbocycles. The number of rotatable bonds is 7. The second-order valence-electron chi connectivity index (χ2n) is 6.32. The molecule has 0 aliphatic heterocycles. The highest BCUT2D eigenvalue weighted by Gasteiger charge is 2.22. The molecule has 2 unspecified atom stereocenters. The number of nitrogens with one attached hydrogen (secondary N) is 1. The Morgan fingerprint density at radius 1 is 1.07 bits per heavy atom. The van der Waals surface area contributed by atoms with Crippen LogP contribution in [0, 0.1) is 5.92 Å². The zero-order valence-corrected chi connectivity index (χ0v) is 16.5. The first kappa shape index (κ1) is 22.5. The number of amides is 2. The van der Waals surface area contributed by atoms with E-state index in [1.54, 1.807) is 45.3 Å². The number of carbonyl (C=O) groups excluding carboxylic acids is 2. The average molecular weight is 392 g/mol. The van der Waals surface area contributed by atoms with Gasteiger partial charge < -0.3 is 20.7 Å². The largest absolute Gasteiger partial charge is 0.484 e. The van der Waals surface area contributed by atoms with E-state index in [4.69, 9.17) is 10.5 Å². The minimum Gasteiger partial charge on any atom is -0.484 e. The van der Waals surface area contributed by atoms with E-state index in [9.17, 15) is 9.59 Å². The first-order chi connectivity index (χ1) is 12.4.